The van der Waals surface area contributed by atoms with E-state index in [1.165, 1.54) is 12.1 Å². The van der Waals surface area contributed by atoms with Gasteiger partial charge in [-0.15, -0.1) is 0 Å². The molecule has 6 nitrogen and oxygen atoms in total. The first kappa shape index (κ1) is 18.3. The minimum absolute atomic E-state index is 0.0650. The Balaban J connectivity index is 1.35. The molecular formula is C21H23FN4O2. The largest absolute Gasteiger partial charge is 0.441 e. The molecule has 1 fully saturated rings. The molecule has 1 atom stereocenters. The third-order valence-electron chi connectivity index (χ3n) is 5.03. The van der Waals surface area contributed by atoms with Crippen molar-refractivity contribution in [3.05, 3.63) is 54.2 Å². The van der Waals surface area contributed by atoms with Gasteiger partial charge < -0.3 is 19.5 Å². The minimum atomic E-state index is -0.345. The van der Waals surface area contributed by atoms with Crippen LogP contribution in [-0.2, 0) is 4.79 Å². The van der Waals surface area contributed by atoms with E-state index < -0.39 is 0 Å². The number of halogens is 1. The van der Waals surface area contributed by atoms with Gasteiger partial charge in [-0.3, -0.25) is 4.79 Å². The number of anilines is 2. The molecule has 1 amide bonds. The van der Waals surface area contributed by atoms with Crippen LogP contribution in [0.2, 0.25) is 0 Å². The first-order chi connectivity index (χ1) is 13.5. The van der Waals surface area contributed by atoms with Crippen molar-refractivity contribution >= 4 is 28.4 Å². The van der Waals surface area contributed by atoms with Crippen molar-refractivity contribution in [2.75, 3.05) is 36.4 Å². The average molecular weight is 382 g/mol. The molecule has 2 aromatic carbocycles. The van der Waals surface area contributed by atoms with Gasteiger partial charge in [0.1, 0.15) is 17.4 Å². The Labute approximate surface area is 162 Å². The molecule has 0 aliphatic carbocycles. The number of piperazine rings is 1. The van der Waals surface area contributed by atoms with Crippen LogP contribution in [0.3, 0.4) is 0 Å². The maximum atomic E-state index is 13.1. The standard InChI is InChI=1S/C21H23FN4O2/c1-14(23-17-5-8-20-19(13-17)24-15(2)28-20)21(27)26-11-9-25(10-12-26)18-6-3-16(22)4-7-18/h3-8,13-14,23H,9-12H2,1-2H3/t14-/m0/s1. The monoisotopic (exact) mass is 382 g/mol. The highest BCUT2D eigenvalue weighted by atomic mass is 19.1. The molecule has 146 valence electrons. The van der Waals surface area contributed by atoms with Crippen LogP contribution in [0, 0.1) is 12.7 Å². The number of benzene rings is 2. The summed E-state index contributed by atoms with van der Waals surface area (Å²) in [5.41, 5.74) is 3.33. The van der Waals surface area contributed by atoms with Crippen molar-refractivity contribution in [3.8, 4) is 0 Å². The summed E-state index contributed by atoms with van der Waals surface area (Å²) in [5.74, 6) is 0.446. The van der Waals surface area contributed by atoms with Crippen LogP contribution >= 0.6 is 0 Å². The van der Waals surface area contributed by atoms with Crippen LogP contribution in [-0.4, -0.2) is 48.0 Å². The topological polar surface area (TPSA) is 61.6 Å². The summed E-state index contributed by atoms with van der Waals surface area (Å²) in [7, 11) is 0. The van der Waals surface area contributed by atoms with Gasteiger partial charge in [0.2, 0.25) is 5.91 Å². The maximum Gasteiger partial charge on any atom is 0.244 e. The van der Waals surface area contributed by atoms with Gasteiger partial charge in [-0.2, -0.15) is 0 Å². The van der Waals surface area contributed by atoms with Crippen molar-refractivity contribution in [1.29, 1.82) is 0 Å². The molecule has 0 unspecified atom stereocenters. The second-order valence-electron chi connectivity index (χ2n) is 7.07. The van der Waals surface area contributed by atoms with Gasteiger partial charge >= 0.3 is 0 Å². The van der Waals surface area contributed by atoms with Crippen LogP contribution in [0.25, 0.3) is 11.1 Å². The Kier molecular flexibility index (Phi) is 4.90. The molecule has 0 saturated carbocycles. The molecule has 1 aliphatic heterocycles. The second kappa shape index (κ2) is 7.50. The number of rotatable bonds is 4. The van der Waals surface area contributed by atoms with E-state index in [0.29, 0.717) is 19.0 Å². The van der Waals surface area contributed by atoms with Gasteiger partial charge in [0.25, 0.3) is 0 Å². The third kappa shape index (κ3) is 3.78. The number of oxazole rings is 1. The number of aryl methyl sites for hydroxylation is 1. The number of fused-ring (bicyclic) bond motifs is 1. The Morgan fingerprint density at radius 3 is 2.57 bits per heavy atom. The minimum Gasteiger partial charge on any atom is -0.441 e. The first-order valence-corrected chi connectivity index (χ1v) is 9.42. The van der Waals surface area contributed by atoms with E-state index in [0.717, 1.165) is 35.6 Å². The number of carbonyl (C=O) groups excluding carboxylic acids is 1. The van der Waals surface area contributed by atoms with E-state index in [9.17, 15) is 9.18 Å². The molecule has 0 radical (unpaired) electrons. The van der Waals surface area contributed by atoms with Gasteiger partial charge in [0.15, 0.2) is 11.5 Å². The lowest BCUT2D eigenvalue weighted by Gasteiger charge is -2.37. The Bertz CT molecular complexity index is 978. The predicted octanol–water partition coefficient (Wildman–Crippen LogP) is 3.42. The average Bonchev–Trinajstić information content (AvgIpc) is 3.07. The number of nitrogens with zero attached hydrogens (tertiary/aromatic N) is 3. The fraction of sp³-hybridized carbons (Fsp3) is 0.333. The third-order valence-corrected chi connectivity index (χ3v) is 5.03. The van der Waals surface area contributed by atoms with E-state index in [1.807, 2.05) is 36.9 Å². The lowest BCUT2D eigenvalue weighted by molar-refractivity contribution is -0.131. The lowest BCUT2D eigenvalue weighted by Crippen LogP contribution is -2.52. The molecule has 1 saturated heterocycles. The fourth-order valence-corrected chi connectivity index (χ4v) is 3.55. The summed E-state index contributed by atoms with van der Waals surface area (Å²) in [6.07, 6.45) is 0. The molecule has 1 N–H and O–H groups in total. The highest BCUT2D eigenvalue weighted by Gasteiger charge is 2.25. The summed E-state index contributed by atoms with van der Waals surface area (Å²) in [4.78, 5) is 21.2. The lowest BCUT2D eigenvalue weighted by atomic mass is 10.2. The molecule has 28 heavy (non-hydrogen) atoms. The number of nitrogens with one attached hydrogen (secondary N) is 1. The molecule has 0 spiro atoms. The van der Waals surface area contributed by atoms with Gasteiger partial charge in [0.05, 0.1) is 0 Å². The molecule has 3 aromatic rings. The summed E-state index contributed by atoms with van der Waals surface area (Å²) in [6, 6.07) is 11.8. The SMILES string of the molecule is Cc1nc2cc(N[C@@H](C)C(=O)N3CCN(c4ccc(F)cc4)CC3)ccc2o1. The van der Waals surface area contributed by atoms with E-state index in [-0.39, 0.29) is 17.8 Å². The summed E-state index contributed by atoms with van der Waals surface area (Å²) in [6.45, 7) is 6.42. The van der Waals surface area contributed by atoms with Gasteiger partial charge in [0, 0.05) is 44.5 Å². The van der Waals surface area contributed by atoms with Crippen molar-refractivity contribution in [2.24, 2.45) is 0 Å². The number of aromatic nitrogens is 1. The molecule has 4 rings (SSSR count). The van der Waals surface area contributed by atoms with Gasteiger partial charge in [-0.05, 0) is 49.4 Å². The van der Waals surface area contributed by atoms with Crippen molar-refractivity contribution < 1.29 is 13.6 Å². The Morgan fingerprint density at radius 1 is 1.14 bits per heavy atom. The molecule has 1 aromatic heterocycles. The molecule has 0 bridgehead atoms. The summed E-state index contributed by atoms with van der Waals surface area (Å²) < 4.78 is 18.6. The van der Waals surface area contributed by atoms with E-state index >= 15 is 0 Å². The number of hydrogen-bond donors (Lipinski definition) is 1. The van der Waals surface area contributed by atoms with E-state index in [4.69, 9.17) is 4.42 Å². The summed E-state index contributed by atoms with van der Waals surface area (Å²) >= 11 is 0. The van der Waals surface area contributed by atoms with Gasteiger partial charge in [-0.1, -0.05) is 0 Å². The van der Waals surface area contributed by atoms with E-state index in [1.54, 1.807) is 12.1 Å². The molecule has 7 heteroatoms. The van der Waals surface area contributed by atoms with Crippen molar-refractivity contribution in [1.82, 2.24) is 9.88 Å². The normalized spacial score (nSPS) is 15.7. The zero-order valence-corrected chi connectivity index (χ0v) is 16.0. The quantitative estimate of drug-likeness (QED) is 0.749. The number of amides is 1. The fourth-order valence-electron chi connectivity index (χ4n) is 3.55. The predicted molar refractivity (Wildman–Crippen MR) is 107 cm³/mol. The van der Waals surface area contributed by atoms with Crippen LogP contribution < -0.4 is 10.2 Å². The van der Waals surface area contributed by atoms with Crippen LogP contribution in [0.4, 0.5) is 15.8 Å². The molecular weight excluding hydrogens is 359 g/mol. The van der Waals surface area contributed by atoms with Crippen LogP contribution in [0.5, 0.6) is 0 Å². The van der Waals surface area contributed by atoms with Crippen molar-refractivity contribution in [3.63, 3.8) is 0 Å². The first-order valence-electron chi connectivity index (χ1n) is 9.42. The highest BCUT2D eigenvalue weighted by Crippen LogP contribution is 2.21. The number of carbonyl (C=O) groups is 1. The molecule has 1 aliphatic rings. The second-order valence-corrected chi connectivity index (χ2v) is 7.07. The number of hydrogen-bond acceptors (Lipinski definition) is 5. The van der Waals surface area contributed by atoms with E-state index in [2.05, 4.69) is 15.2 Å². The Morgan fingerprint density at radius 2 is 1.86 bits per heavy atom. The van der Waals surface area contributed by atoms with Crippen molar-refractivity contribution in [2.45, 2.75) is 19.9 Å². The van der Waals surface area contributed by atoms with Crippen LogP contribution in [0.1, 0.15) is 12.8 Å². The Hall–Kier alpha value is -3.09. The molecule has 2 heterocycles. The van der Waals surface area contributed by atoms with Gasteiger partial charge in [-0.25, -0.2) is 9.37 Å². The smallest absolute Gasteiger partial charge is 0.244 e. The van der Waals surface area contributed by atoms with Crippen LogP contribution in [0.15, 0.2) is 46.9 Å². The zero-order chi connectivity index (χ0) is 19.7. The maximum absolute atomic E-state index is 13.1. The highest BCUT2D eigenvalue weighted by molar-refractivity contribution is 5.86. The summed E-state index contributed by atoms with van der Waals surface area (Å²) in [5, 5.41) is 3.26. The zero-order valence-electron chi connectivity index (χ0n) is 16.0.